The van der Waals surface area contributed by atoms with Gasteiger partial charge < -0.3 is 5.32 Å². The number of pyridine rings is 1. The standard InChI is InChI=1S/C9H7BrF2N2O/c10-5-1-2-13-7(3-5)14-8(15)6-4-9(6,11)12/h1-3,6H,4H2,(H,13,14,15). The van der Waals surface area contributed by atoms with Gasteiger partial charge in [0.15, 0.2) is 0 Å². The van der Waals surface area contributed by atoms with Crippen LogP contribution in [0, 0.1) is 5.92 Å². The summed E-state index contributed by atoms with van der Waals surface area (Å²) >= 11 is 3.19. The average molecular weight is 277 g/mol. The number of anilines is 1. The molecule has 1 N–H and O–H groups in total. The van der Waals surface area contributed by atoms with Crippen LogP contribution in [0.15, 0.2) is 22.8 Å². The van der Waals surface area contributed by atoms with Crippen LogP contribution in [0.25, 0.3) is 0 Å². The number of alkyl halides is 2. The number of carbonyl (C=O) groups excluding carboxylic acids is 1. The number of rotatable bonds is 2. The highest BCUT2D eigenvalue weighted by Crippen LogP contribution is 2.48. The van der Waals surface area contributed by atoms with Crippen molar-refractivity contribution in [3.05, 3.63) is 22.8 Å². The molecule has 3 nitrogen and oxygen atoms in total. The Morgan fingerprint density at radius 3 is 2.87 bits per heavy atom. The lowest BCUT2D eigenvalue weighted by Gasteiger charge is -2.03. The predicted octanol–water partition coefficient (Wildman–Crippen LogP) is 2.44. The highest BCUT2D eigenvalue weighted by molar-refractivity contribution is 9.10. The van der Waals surface area contributed by atoms with Crippen LogP contribution in [-0.4, -0.2) is 16.8 Å². The number of nitrogens with one attached hydrogen (secondary N) is 1. The zero-order chi connectivity index (χ0) is 11.1. The number of hydrogen-bond acceptors (Lipinski definition) is 2. The van der Waals surface area contributed by atoms with Crippen molar-refractivity contribution in [3.63, 3.8) is 0 Å². The van der Waals surface area contributed by atoms with E-state index in [1.807, 2.05) is 0 Å². The Morgan fingerprint density at radius 1 is 1.67 bits per heavy atom. The first-order valence-corrected chi connectivity index (χ1v) is 5.08. The SMILES string of the molecule is O=C(Nc1cc(Br)ccn1)C1CC1(F)F. The zero-order valence-electron chi connectivity index (χ0n) is 7.51. The van der Waals surface area contributed by atoms with E-state index in [4.69, 9.17) is 0 Å². The fourth-order valence-electron chi connectivity index (χ4n) is 1.18. The van der Waals surface area contributed by atoms with Crippen LogP contribution in [-0.2, 0) is 4.79 Å². The molecule has 0 aromatic carbocycles. The summed E-state index contributed by atoms with van der Waals surface area (Å²) in [7, 11) is 0. The number of halogens is 3. The van der Waals surface area contributed by atoms with Gasteiger partial charge in [0.25, 0.3) is 5.92 Å². The van der Waals surface area contributed by atoms with Crippen LogP contribution in [0.2, 0.25) is 0 Å². The number of amides is 1. The van der Waals surface area contributed by atoms with E-state index in [1.165, 1.54) is 6.20 Å². The lowest BCUT2D eigenvalue weighted by molar-refractivity contribution is -0.119. The van der Waals surface area contributed by atoms with E-state index in [2.05, 4.69) is 26.2 Å². The summed E-state index contributed by atoms with van der Waals surface area (Å²) in [5.74, 6) is -4.43. The number of nitrogens with zero attached hydrogens (tertiary/aromatic N) is 1. The molecule has 1 fully saturated rings. The van der Waals surface area contributed by atoms with Crippen LogP contribution in [0.5, 0.6) is 0 Å². The van der Waals surface area contributed by atoms with Crippen molar-refractivity contribution in [3.8, 4) is 0 Å². The quantitative estimate of drug-likeness (QED) is 0.902. The molecule has 80 valence electrons. The van der Waals surface area contributed by atoms with E-state index in [1.54, 1.807) is 12.1 Å². The third-order valence-corrected chi connectivity index (χ3v) is 2.61. The summed E-state index contributed by atoms with van der Waals surface area (Å²) in [6.45, 7) is 0. The van der Waals surface area contributed by atoms with Crippen LogP contribution < -0.4 is 5.32 Å². The number of carbonyl (C=O) groups is 1. The molecule has 1 aromatic rings. The summed E-state index contributed by atoms with van der Waals surface area (Å²) in [4.78, 5) is 15.1. The molecule has 1 amide bonds. The summed E-state index contributed by atoms with van der Waals surface area (Å²) in [5.41, 5.74) is 0. The van der Waals surface area contributed by atoms with E-state index < -0.39 is 17.7 Å². The molecule has 0 spiro atoms. The highest BCUT2D eigenvalue weighted by atomic mass is 79.9. The first kappa shape index (κ1) is 10.5. The molecule has 1 aliphatic rings. The topological polar surface area (TPSA) is 42.0 Å². The molecule has 0 radical (unpaired) electrons. The Morgan fingerprint density at radius 2 is 2.33 bits per heavy atom. The third-order valence-electron chi connectivity index (χ3n) is 2.12. The van der Waals surface area contributed by atoms with Crippen molar-refractivity contribution < 1.29 is 13.6 Å². The molecule has 6 heteroatoms. The second-order valence-electron chi connectivity index (χ2n) is 3.37. The van der Waals surface area contributed by atoms with E-state index >= 15 is 0 Å². The van der Waals surface area contributed by atoms with Crippen molar-refractivity contribution in [2.24, 2.45) is 5.92 Å². The third kappa shape index (κ3) is 2.31. The Labute approximate surface area is 93.0 Å². The van der Waals surface area contributed by atoms with Gasteiger partial charge in [-0.25, -0.2) is 13.8 Å². The number of hydrogen-bond donors (Lipinski definition) is 1. The monoisotopic (exact) mass is 276 g/mol. The van der Waals surface area contributed by atoms with Gasteiger partial charge in [0.2, 0.25) is 5.91 Å². The van der Waals surface area contributed by atoms with E-state index in [9.17, 15) is 13.6 Å². The van der Waals surface area contributed by atoms with Crippen molar-refractivity contribution in [2.75, 3.05) is 5.32 Å². The van der Waals surface area contributed by atoms with Crippen LogP contribution >= 0.6 is 15.9 Å². The Hall–Kier alpha value is -1.04. The van der Waals surface area contributed by atoms with Gasteiger partial charge in [-0.2, -0.15) is 0 Å². The molecular formula is C9H7BrF2N2O. The molecular weight excluding hydrogens is 270 g/mol. The highest BCUT2D eigenvalue weighted by Gasteiger charge is 2.61. The second kappa shape index (κ2) is 3.52. The Kier molecular flexibility index (Phi) is 2.46. The average Bonchev–Trinajstić information content (AvgIpc) is 2.75. The Balaban J connectivity index is 2.01. The van der Waals surface area contributed by atoms with Crippen LogP contribution in [0.4, 0.5) is 14.6 Å². The summed E-state index contributed by atoms with van der Waals surface area (Å²) in [6.07, 6.45) is 1.11. The van der Waals surface area contributed by atoms with Crippen molar-refractivity contribution in [1.29, 1.82) is 0 Å². The van der Waals surface area contributed by atoms with Gasteiger partial charge in [0, 0.05) is 17.1 Å². The smallest absolute Gasteiger partial charge is 0.260 e. The largest absolute Gasteiger partial charge is 0.310 e. The summed E-state index contributed by atoms with van der Waals surface area (Å²) in [6, 6.07) is 3.24. The summed E-state index contributed by atoms with van der Waals surface area (Å²) in [5, 5.41) is 2.34. The van der Waals surface area contributed by atoms with Gasteiger partial charge in [-0.15, -0.1) is 0 Å². The van der Waals surface area contributed by atoms with Gasteiger partial charge in [0.1, 0.15) is 11.7 Å². The van der Waals surface area contributed by atoms with Crippen molar-refractivity contribution >= 4 is 27.7 Å². The lowest BCUT2D eigenvalue weighted by Crippen LogP contribution is -2.18. The minimum absolute atomic E-state index is 0.275. The predicted molar refractivity (Wildman–Crippen MR) is 53.6 cm³/mol. The zero-order valence-corrected chi connectivity index (χ0v) is 9.09. The van der Waals surface area contributed by atoms with E-state index in [0.29, 0.717) is 0 Å². The number of aromatic nitrogens is 1. The fourth-order valence-corrected chi connectivity index (χ4v) is 1.52. The van der Waals surface area contributed by atoms with Gasteiger partial charge in [0.05, 0.1) is 0 Å². The molecule has 0 bridgehead atoms. The van der Waals surface area contributed by atoms with E-state index in [0.717, 1.165) is 4.47 Å². The maximum atomic E-state index is 12.5. The maximum absolute atomic E-state index is 12.5. The van der Waals surface area contributed by atoms with Gasteiger partial charge >= 0.3 is 0 Å². The molecule has 1 saturated carbocycles. The minimum Gasteiger partial charge on any atom is -0.310 e. The van der Waals surface area contributed by atoms with Crippen LogP contribution in [0.1, 0.15) is 6.42 Å². The van der Waals surface area contributed by atoms with Crippen molar-refractivity contribution in [1.82, 2.24) is 4.98 Å². The fraction of sp³-hybridized carbons (Fsp3) is 0.333. The maximum Gasteiger partial charge on any atom is 0.260 e. The second-order valence-corrected chi connectivity index (χ2v) is 4.28. The molecule has 1 aliphatic carbocycles. The minimum atomic E-state index is -2.84. The molecule has 1 atom stereocenters. The van der Waals surface area contributed by atoms with Crippen LogP contribution in [0.3, 0.4) is 0 Å². The summed E-state index contributed by atoms with van der Waals surface area (Å²) < 4.78 is 25.8. The molecule has 1 unspecified atom stereocenters. The molecule has 15 heavy (non-hydrogen) atoms. The molecule has 1 aromatic heterocycles. The van der Waals surface area contributed by atoms with Gasteiger partial charge in [-0.05, 0) is 12.1 Å². The lowest BCUT2D eigenvalue weighted by atomic mass is 10.3. The molecule has 1 heterocycles. The van der Waals surface area contributed by atoms with Crippen molar-refractivity contribution in [2.45, 2.75) is 12.3 Å². The normalized spacial score (nSPS) is 22.2. The first-order valence-electron chi connectivity index (χ1n) is 4.29. The molecule has 2 rings (SSSR count). The molecule has 0 saturated heterocycles. The first-order chi connectivity index (χ1) is 6.99. The Bertz CT molecular complexity index is 411. The van der Waals surface area contributed by atoms with Gasteiger partial charge in [-0.3, -0.25) is 4.79 Å². The van der Waals surface area contributed by atoms with Gasteiger partial charge in [-0.1, -0.05) is 15.9 Å². The van der Waals surface area contributed by atoms with E-state index in [-0.39, 0.29) is 12.2 Å². The molecule has 0 aliphatic heterocycles.